The van der Waals surface area contributed by atoms with Crippen LogP contribution in [-0.2, 0) is 9.59 Å². The fourth-order valence-corrected chi connectivity index (χ4v) is 1.79. The molecule has 0 fully saturated rings. The molecule has 120 valence electrons. The first-order valence-corrected chi connectivity index (χ1v) is 6.62. The van der Waals surface area contributed by atoms with Gasteiger partial charge in [-0.2, -0.15) is 9.78 Å². The number of carboxylic acids is 1. The van der Waals surface area contributed by atoms with Crippen molar-refractivity contribution >= 4 is 17.7 Å². The van der Waals surface area contributed by atoms with E-state index in [9.17, 15) is 19.5 Å². The molecule has 2 heterocycles. The van der Waals surface area contributed by atoms with Crippen LogP contribution >= 0.6 is 0 Å². The van der Waals surface area contributed by atoms with Crippen molar-refractivity contribution in [2.45, 2.75) is 20.8 Å². The maximum absolute atomic E-state index is 11.8. The first-order valence-electron chi connectivity index (χ1n) is 6.62. The summed E-state index contributed by atoms with van der Waals surface area (Å²) < 4.78 is 1.26. The standard InChI is InChI=1S/C14H15N5O4/c1-7-6-10(16-11(20)4-5-12(21)22)19(18-7)14-15-9(3)8(2)13(23)17-14/h4-6H,1-3H3,(H,16,20)(H,21,22)(H,15,17,23)/p-1/b5-4+. The van der Waals surface area contributed by atoms with Gasteiger partial charge >= 0.3 is 0 Å². The van der Waals surface area contributed by atoms with Crippen molar-refractivity contribution in [3.63, 3.8) is 0 Å². The van der Waals surface area contributed by atoms with Crippen LogP contribution in [0, 0.1) is 20.8 Å². The third-order valence-electron chi connectivity index (χ3n) is 3.04. The van der Waals surface area contributed by atoms with Gasteiger partial charge in [-0.15, -0.1) is 0 Å². The van der Waals surface area contributed by atoms with Gasteiger partial charge in [0.05, 0.1) is 11.7 Å². The van der Waals surface area contributed by atoms with E-state index in [-0.39, 0.29) is 17.3 Å². The molecule has 9 heteroatoms. The molecule has 2 rings (SSSR count). The van der Waals surface area contributed by atoms with E-state index in [2.05, 4.69) is 20.4 Å². The number of amides is 1. The molecular formula is C14H14N5O4-. The van der Waals surface area contributed by atoms with Crippen LogP contribution in [0.15, 0.2) is 23.0 Å². The van der Waals surface area contributed by atoms with E-state index in [0.717, 1.165) is 6.08 Å². The smallest absolute Gasteiger partial charge is 0.255 e. The maximum atomic E-state index is 11.8. The van der Waals surface area contributed by atoms with Gasteiger partial charge in [0.15, 0.2) is 0 Å². The molecule has 0 saturated heterocycles. The zero-order chi connectivity index (χ0) is 17.1. The zero-order valence-electron chi connectivity index (χ0n) is 12.7. The molecule has 0 aliphatic heterocycles. The number of H-pyrrole nitrogens is 1. The highest BCUT2D eigenvalue weighted by atomic mass is 16.4. The Bertz CT molecular complexity index is 863. The highest BCUT2D eigenvalue weighted by Crippen LogP contribution is 2.14. The Morgan fingerprint density at radius 3 is 2.61 bits per heavy atom. The molecule has 9 nitrogen and oxygen atoms in total. The van der Waals surface area contributed by atoms with Crippen LogP contribution in [0.25, 0.3) is 5.95 Å². The Hall–Kier alpha value is -3.23. The van der Waals surface area contributed by atoms with Crippen LogP contribution in [0.5, 0.6) is 0 Å². The molecule has 0 atom stereocenters. The highest BCUT2D eigenvalue weighted by molar-refractivity contribution is 6.01. The Kier molecular flexibility index (Phi) is 4.39. The lowest BCUT2D eigenvalue weighted by atomic mass is 10.3. The number of rotatable bonds is 4. The van der Waals surface area contributed by atoms with E-state index in [4.69, 9.17) is 0 Å². The summed E-state index contributed by atoms with van der Waals surface area (Å²) in [6, 6.07) is 1.56. The minimum Gasteiger partial charge on any atom is -0.545 e. The van der Waals surface area contributed by atoms with E-state index < -0.39 is 11.9 Å². The first kappa shape index (κ1) is 16.1. The quantitative estimate of drug-likeness (QED) is 0.704. The molecule has 0 unspecified atom stereocenters. The number of aliphatic carboxylic acids is 1. The molecule has 0 aliphatic rings. The summed E-state index contributed by atoms with van der Waals surface area (Å²) in [5.74, 6) is -1.78. The second kappa shape index (κ2) is 6.26. The summed E-state index contributed by atoms with van der Waals surface area (Å²) in [5.41, 5.74) is 1.28. The van der Waals surface area contributed by atoms with Gasteiger partial charge in [-0.05, 0) is 26.8 Å². The topological polar surface area (TPSA) is 133 Å². The number of carbonyl (C=O) groups is 2. The van der Waals surface area contributed by atoms with Crippen LogP contribution < -0.4 is 16.0 Å². The maximum Gasteiger partial charge on any atom is 0.255 e. The normalized spacial score (nSPS) is 10.9. The lowest BCUT2D eigenvalue weighted by Gasteiger charge is -2.08. The van der Waals surface area contributed by atoms with Crippen molar-refractivity contribution in [1.82, 2.24) is 19.7 Å². The van der Waals surface area contributed by atoms with Crippen LogP contribution in [-0.4, -0.2) is 31.6 Å². The summed E-state index contributed by atoms with van der Waals surface area (Å²) in [4.78, 5) is 40.6. The summed E-state index contributed by atoms with van der Waals surface area (Å²) in [6.07, 6.45) is 1.43. The summed E-state index contributed by atoms with van der Waals surface area (Å²) in [7, 11) is 0. The molecule has 0 radical (unpaired) electrons. The van der Waals surface area contributed by atoms with E-state index >= 15 is 0 Å². The minimum atomic E-state index is -1.48. The molecule has 0 bridgehead atoms. The van der Waals surface area contributed by atoms with E-state index in [1.54, 1.807) is 26.8 Å². The van der Waals surface area contributed by atoms with E-state index in [0.29, 0.717) is 23.0 Å². The van der Waals surface area contributed by atoms with Gasteiger partial charge in [0.2, 0.25) is 11.9 Å². The van der Waals surface area contributed by atoms with Crippen molar-refractivity contribution in [3.05, 3.63) is 45.5 Å². The predicted octanol–water partition coefficient (Wildman–Crippen LogP) is -0.875. The van der Waals surface area contributed by atoms with Crippen LogP contribution in [0.4, 0.5) is 5.82 Å². The van der Waals surface area contributed by atoms with E-state index in [1.165, 1.54) is 4.68 Å². The molecule has 0 saturated carbocycles. The number of hydrogen-bond donors (Lipinski definition) is 2. The molecule has 1 amide bonds. The van der Waals surface area contributed by atoms with Gasteiger partial charge in [-0.25, -0.2) is 4.98 Å². The molecular weight excluding hydrogens is 302 g/mol. The van der Waals surface area contributed by atoms with Crippen LogP contribution in [0.1, 0.15) is 17.0 Å². The Labute approximate surface area is 130 Å². The molecule has 0 aromatic carbocycles. The van der Waals surface area contributed by atoms with Crippen molar-refractivity contribution in [1.29, 1.82) is 0 Å². The second-order valence-corrected chi connectivity index (χ2v) is 4.82. The predicted molar refractivity (Wildman–Crippen MR) is 79.0 cm³/mol. The highest BCUT2D eigenvalue weighted by Gasteiger charge is 2.13. The molecule has 2 aromatic heterocycles. The van der Waals surface area contributed by atoms with Crippen LogP contribution in [0.3, 0.4) is 0 Å². The van der Waals surface area contributed by atoms with E-state index in [1.807, 2.05) is 0 Å². The number of aromatic amines is 1. The third kappa shape index (κ3) is 3.70. The Morgan fingerprint density at radius 2 is 2.00 bits per heavy atom. The van der Waals surface area contributed by atoms with Crippen molar-refractivity contribution in [2.75, 3.05) is 5.32 Å². The average molecular weight is 316 g/mol. The van der Waals surface area contributed by atoms with Crippen molar-refractivity contribution < 1.29 is 14.7 Å². The number of aryl methyl sites for hydroxylation is 2. The Morgan fingerprint density at radius 1 is 1.30 bits per heavy atom. The average Bonchev–Trinajstić information content (AvgIpc) is 2.82. The number of hydrogen-bond acceptors (Lipinski definition) is 6. The number of nitrogens with one attached hydrogen (secondary N) is 2. The molecule has 0 spiro atoms. The number of anilines is 1. The van der Waals surface area contributed by atoms with Gasteiger partial charge in [-0.3, -0.25) is 14.6 Å². The minimum absolute atomic E-state index is 0.144. The van der Waals surface area contributed by atoms with Gasteiger partial charge in [-0.1, -0.05) is 0 Å². The van der Waals surface area contributed by atoms with Gasteiger partial charge in [0.25, 0.3) is 5.56 Å². The first-order chi connectivity index (χ1) is 10.8. The fraction of sp³-hybridized carbons (Fsp3) is 0.214. The number of carboxylic acid groups (broad SMARTS) is 1. The molecule has 2 N–H and O–H groups in total. The Balaban J connectivity index is 2.40. The number of aromatic nitrogens is 4. The van der Waals surface area contributed by atoms with Crippen LogP contribution in [0.2, 0.25) is 0 Å². The van der Waals surface area contributed by atoms with Gasteiger partial charge < -0.3 is 15.2 Å². The summed E-state index contributed by atoms with van der Waals surface area (Å²) in [5, 5.41) is 16.9. The molecule has 23 heavy (non-hydrogen) atoms. The van der Waals surface area contributed by atoms with Crippen molar-refractivity contribution in [2.24, 2.45) is 0 Å². The summed E-state index contributed by atoms with van der Waals surface area (Å²) in [6.45, 7) is 5.03. The van der Waals surface area contributed by atoms with Gasteiger partial charge in [0.1, 0.15) is 5.82 Å². The lowest BCUT2D eigenvalue weighted by Crippen LogP contribution is -2.21. The lowest BCUT2D eigenvalue weighted by molar-refractivity contribution is -0.297. The SMILES string of the molecule is Cc1cc(NC(=O)/C=C/C(=O)[O-])n(-c2nc(C)c(C)c(=O)[nH]2)n1. The summed E-state index contributed by atoms with van der Waals surface area (Å²) >= 11 is 0. The van der Waals surface area contributed by atoms with Gasteiger partial charge in [0, 0.05) is 23.4 Å². The number of nitrogens with zero attached hydrogens (tertiary/aromatic N) is 3. The second-order valence-electron chi connectivity index (χ2n) is 4.82. The fourth-order valence-electron chi connectivity index (χ4n) is 1.79. The number of carbonyl (C=O) groups excluding carboxylic acids is 2. The largest absolute Gasteiger partial charge is 0.545 e. The molecule has 0 aliphatic carbocycles. The third-order valence-corrected chi connectivity index (χ3v) is 3.04. The molecule has 2 aromatic rings. The monoisotopic (exact) mass is 316 g/mol. The zero-order valence-corrected chi connectivity index (χ0v) is 12.7. The van der Waals surface area contributed by atoms with Crippen molar-refractivity contribution in [3.8, 4) is 5.95 Å².